The van der Waals surface area contributed by atoms with Crippen LogP contribution in [0.25, 0.3) is 0 Å². The van der Waals surface area contributed by atoms with Gasteiger partial charge in [-0.3, -0.25) is 4.57 Å². The maximum Gasteiger partial charge on any atom is 0.231 e. The Bertz CT molecular complexity index is 79.5. The van der Waals surface area contributed by atoms with Gasteiger partial charge in [0.2, 0.25) is 12.2 Å². The Kier molecular flexibility index (Phi) is 370. The van der Waals surface area contributed by atoms with Crippen molar-refractivity contribution >= 4 is 21.3 Å². The van der Waals surface area contributed by atoms with Crippen molar-refractivity contribution in [3.63, 3.8) is 0 Å². The SMILES string of the molecule is N=C=O.N=C=O.O=P. The third kappa shape index (κ3) is 55.7. The van der Waals surface area contributed by atoms with Crippen LogP contribution < -0.4 is 0 Å². The Hall–Kier alpha value is -1.14. The number of carbonyl (C=O) groups excluding carboxylic acids is 2. The monoisotopic (exact) mass is 134 g/mol. The standard InChI is InChI=1S/2CHNO.HOP/c2*2-1-3;1-2/h2*2H;2H. The maximum absolute atomic E-state index is 8.35. The van der Waals surface area contributed by atoms with Crippen molar-refractivity contribution in [2.24, 2.45) is 0 Å². The van der Waals surface area contributed by atoms with Crippen molar-refractivity contribution in [3.05, 3.63) is 0 Å². The van der Waals surface area contributed by atoms with Crippen molar-refractivity contribution in [1.29, 1.82) is 10.8 Å². The summed E-state index contributed by atoms with van der Waals surface area (Å²) in [6, 6.07) is 0. The Balaban J connectivity index is -0.0000000483. The number of hydrogen-bond donors (Lipinski definition) is 2. The fourth-order valence-electron chi connectivity index (χ4n) is 0. The molecule has 0 fully saturated rings. The average molecular weight is 134 g/mol. The highest BCUT2D eigenvalue weighted by atomic mass is 31.0. The topological polar surface area (TPSA) is 98.9 Å². The van der Waals surface area contributed by atoms with Crippen molar-refractivity contribution in [1.82, 2.24) is 0 Å². The van der Waals surface area contributed by atoms with Crippen LogP contribution >= 0.6 is 9.12 Å². The van der Waals surface area contributed by atoms with Crippen LogP contribution in [0.15, 0.2) is 0 Å². The van der Waals surface area contributed by atoms with E-state index in [2.05, 4.69) is 0 Å². The zero-order valence-electron chi connectivity index (χ0n) is 3.72. The van der Waals surface area contributed by atoms with Gasteiger partial charge in [-0.2, -0.15) is 0 Å². The van der Waals surface area contributed by atoms with E-state index in [4.69, 9.17) is 25.0 Å². The predicted octanol–water partition coefficient (Wildman–Crippen LogP) is 0.277. The van der Waals surface area contributed by atoms with Crippen molar-refractivity contribution in [2.45, 2.75) is 0 Å². The Morgan fingerprint density at radius 1 is 1.00 bits per heavy atom. The molecule has 0 radical (unpaired) electrons. The van der Waals surface area contributed by atoms with Gasteiger partial charge in [0.05, 0.1) is 0 Å². The van der Waals surface area contributed by atoms with Crippen LogP contribution in [0.1, 0.15) is 0 Å². The summed E-state index contributed by atoms with van der Waals surface area (Å²) in [5.41, 5.74) is 0. The summed E-state index contributed by atoms with van der Waals surface area (Å²) in [6.07, 6.45) is 1.50. The molecule has 0 heterocycles. The average Bonchev–Trinajstić information content (AvgIpc) is 1.75. The molecule has 6 heteroatoms. The van der Waals surface area contributed by atoms with Crippen LogP contribution in [0.2, 0.25) is 0 Å². The summed E-state index contributed by atoms with van der Waals surface area (Å²) >= 11 is 0. The zero-order valence-corrected chi connectivity index (χ0v) is 4.72. The minimum absolute atomic E-state index is 0.750. The van der Waals surface area contributed by atoms with Crippen LogP contribution in [-0.2, 0) is 14.2 Å². The van der Waals surface area contributed by atoms with Crippen LogP contribution in [-0.4, -0.2) is 12.2 Å². The molecule has 0 aromatic heterocycles. The Morgan fingerprint density at radius 2 is 1.00 bits per heavy atom. The molecule has 0 atom stereocenters. The van der Waals surface area contributed by atoms with Gasteiger partial charge < -0.3 is 0 Å². The van der Waals surface area contributed by atoms with E-state index in [1.807, 2.05) is 0 Å². The summed E-state index contributed by atoms with van der Waals surface area (Å²) in [5.74, 6) is 0. The zero-order chi connectivity index (χ0) is 7.41. The lowest BCUT2D eigenvalue weighted by Gasteiger charge is -1.02. The summed E-state index contributed by atoms with van der Waals surface area (Å²) in [6.45, 7) is 0. The van der Waals surface area contributed by atoms with E-state index >= 15 is 0 Å². The number of hydrogen-bond acceptors (Lipinski definition) is 5. The highest BCUT2D eigenvalue weighted by Gasteiger charge is 1.04. The molecule has 0 spiro atoms. The molecule has 0 amide bonds. The van der Waals surface area contributed by atoms with Crippen LogP contribution in [0.3, 0.4) is 0 Å². The molecule has 0 saturated carbocycles. The molecule has 0 aromatic carbocycles. The summed E-state index contributed by atoms with van der Waals surface area (Å²) < 4.78 is 8.06. The van der Waals surface area contributed by atoms with E-state index in [1.165, 1.54) is 0 Å². The van der Waals surface area contributed by atoms with Crippen LogP contribution in [0.5, 0.6) is 0 Å². The van der Waals surface area contributed by atoms with E-state index in [1.54, 1.807) is 9.12 Å². The molecule has 0 aromatic rings. The molecule has 0 bridgehead atoms. The number of isocyanates is 2. The number of rotatable bonds is 0. The lowest BCUT2D eigenvalue weighted by Crippen LogP contribution is -1.16. The Labute approximate surface area is 47.3 Å². The number of nitrogens with one attached hydrogen (secondary N) is 2. The highest BCUT2D eigenvalue weighted by Crippen LogP contribution is 1.23. The second-order valence-corrected chi connectivity index (χ2v) is 0.204. The van der Waals surface area contributed by atoms with Crippen LogP contribution in [0, 0.1) is 10.8 Å². The summed E-state index contributed by atoms with van der Waals surface area (Å²) in [4.78, 5) is 16.7. The van der Waals surface area contributed by atoms with Gasteiger partial charge in [0.25, 0.3) is 0 Å². The second kappa shape index (κ2) is 187. The molecule has 5 nitrogen and oxygen atoms in total. The second-order valence-electron chi connectivity index (χ2n) is 0.204. The minimum Gasteiger partial charge on any atom is -0.279 e. The van der Waals surface area contributed by atoms with Gasteiger partial charge in [0, 0.05) is 0 Å². The molecule has 2 N–H and O–H groups in total. The normalized spacial score (nSPS) is 2.50. The molecular weight excluding hydrogens is 131 g/mol. The summed E-state index contributed by atoms with van der Waals surface area (Å²) in [5, 5.41) is 10.8. The lowest BCUT2D eigenvalue weighted by atomic mass is 11.7. The smallest absolute Gasteiger partial charge is 0.231 e. The third-order valence-corrected chi connectivity index (χ3v) is 0. The first-order chi connectivity index (χ1) is 3.83. The molecule has 0 saturated heterocycles. The fourth-order valence-corrected chi connectivity index (χ4v) is 0. The van der Waals surface area contributed by atoms with E-state index in [0.717, 1.165) is 12.2 Å². The van der Waals surface area contributed by atoms with Crippen molar-refractivity contribution in [3.8, 4) is 0 Å². The molecule has 0 aliphatic rings. The fraction of sp³-hybridized carbons (Fsp3) is 0. The quantitative estimate of drug-likeness (QED) is 0.282. The maximum atomic E-state index is 8.35. The largest absolute Gasteiger partial charge is 0.279 e. The molecule has 8 heavy (non-hydrogen) atoms. The molecular formula is C2H3N2O3P. The van der Waals surface area contributed by atoms with Gasteiger partial charge in [-0.25, -0.2) is 20.4 Å². The first-order valence-corrected chi connectivity index (χ1v) is 1.52. The lowest BCUT2D eigenvalue weighted by molar-refractivity contribution is 0.562. The van der Waals surface area contributed by atoms with Gasteiger partial charge >= 0.3 is 0 Å². The molecule has 0 aliphatic carbocycles. The van der Waals surface area contributed by atoms with Crippen LogP contribution in [0.4, 0.5) is 0 Å². The van der Waals surface area contributed by atoms with Crippen molar-refractivity contribution < 1.29 is 14.2 Å². The van der Waals surface area contributed by atoms with Gasteiger partial charge in [0.1, 0.15) is 9.12 Å². The third-order valence-electron chi connectivity index (χ3n) is 0. The van der Waals surface area contributed by atoms with Gasteiger partial charge in [-0.15, -0.1) is 0 Å². The first-order valence-electron chi connectivity index (χ1n) is 1.11. The molecule has 0 aliphatic heterocycles. The van der Waals surface area contributed by atoms with E-state index in [0.29, 0.717) is 0 Å². The molecule has 0 rings (SSSR count). The van der Waals surface area contributed by atoms with E-state index in [9.17, 15) is 0 Å². The summed E-state index contributed by atoms with van der Waals surface area (Å²) in [7, 11) is 1.72. The van der Waals surface area contributed by atoms with Crippen molar-refractivity contribution in [2.75, 3.05) is 0 Å². The van der Waals surface area contributed by atoms with Gasteiger partial charge in [-0.1, -0.05) is 0 Å². The minimum atomic E-state index is 0.750. The predicted molar refractivity (Wildman–Crippen MR) is 25.8 cm³/mol. The first kappa shape index (κ1) is 15.8. The van der Waals surface area contributed by atoms with Gasteiger partial charge in [0.15, 0.2) is 0 Å². The van der Waals surface area contributed by atoms with E-state index in [-0.39, 0.29) is 0 Å². The van der Waals surface area contributed by atoms with E-state index < -0.39 is 0 Å². The highest BCUT2D eigenvalue weighted by molar-refractivity contribution is 7.00. The van der Waals surface area contributed by atoms with Gasteiger partial charge in [-0.05, 0) is 0 Å². The molecule has 44 valence electrons. The Morgan fingerprint density at radius 3 is 1.00 bits per heavy atom. The molecule has 0 unspecified atom stereocenters.